The number of allylic oxidation sites excluding steroid dienone is 1. The number of H-pyrrole nitrogens is 1. The fourth-order valence-electron chi connectivity index (χ4n) is 6.30. The van der Waals surface area contributed by atoms with Crippen molar-refractivity contribution in [1.29, 1.82) is 0 Å². The minimum atomic E-state index is -0.281. The van der Waals surface area contributed by atoms with Crippen LogP contribution in [0.15, 0.2) is 22.2 Å². The third-order valence-corrected chi connectivity index (χ3v) is 7.08. The Hall–Kier alpha value is -2.11. The Balaban J connectivity index is 1.74. The van der Waals surface area contributed by atoms with E-state index in [2.05, 4.69) is 11.6 Å². The van der Waals surface area contributed by atoms with Crippen molar-refractivity contribution in [3.05, 3.63) is 39.3 Å². The Bertz CT molecular complexity index is 997. The zero-order chi connectivity index (χ0) is 18.1. The molecule has 4 aliphatic rings. The molecule has 4 bridgehead atoms. The Morgan fingerprint density at radius 3 is 2.62 bits per heavy atom. The summed E-state index contributed by atoms with van der Waals surface area (Å²) in [5.41, 5.74) is 0.569. The lowest BCUT2D eigenvalue weighted by atomic mass is 9.75. The number of aromatic amines is 1. The lowest BCUT2D eigenvalue weighted by Crippen LogP contribution is -2.40. The van der Waals surface area contributed by atoms with E-state index in [4.69, 9.17) is 4.98 Å². The van der Waals surface area contributed by atoms with Crippen LogP contribution in [0.2, 0.25) is 0 Å². The van der Waals surface area contributed by atoms with Crippen LogP contribution in [0.5, 0.6) is 0 Å². The van der Waals surface area contributed by atoms with E-state index in [9.17, 15) is 9.59 Å². The number of rotatable bonds is 5. The highest BCUT2D eigenvalue weighted by atomic mass is 16.2. The molecular formula is C20H26N4O2. The zero-order valence-electron chi connectivity index (χ0n) is 15.3. The molecule has 2 unspecified atom stereocenters. The van der Waals surface area contributed by atoms with Gasteiger partial charge < -0.3 is 4.98 Å². The fraction of sp³-hybridized carbons (Fsp3) is 0.650. The largest absolute Gasteiger partial charge is 0.336 e. The lowest BCUT2D eigenvalue weighted by Gasteiger charge is -2.30. The topological polar surface area (TPSA) is 72.7 Å². The first-order chi connectivity index (χ1) is 12.6. The second-order valence-electron chi connectivity index (χ2n) is 8.62. The maximum absolute atomic E-state index is 12.9. The molecule has 0 aliphatic heterocycles. The van der Waals surface area contributed by atoms with Crippen molar-refractivity contribution in [3.8, 4) is 0 Å². The molecule has 0 spiro atoms. The first kappa shape index (κ1) is 16.1. The van der Waals surface area contributed by atoms with Gasteiger partial charge >= 0.3 is 5.69 Å². The van der Waals surface area contributed by atoms with Crippen molar-refractivity contribution in [2.75, 3.05) is 0 Å². The van der Waals surface area contributed by atoms with Crippen LogP contribution in [-0.2, 0) is 18.5 Å². The van der Waals surface area contributed by atoms with Gasteiger partial charge in [-0.3, -0.25) is 13.9 Å². The van der Waals surface area contributed by atoms with Crippen LogP contribution in [0.4, 0.5) is 0 Å². The maximum Gasteiger partial charge on any atom is 0.333 e. The molecule has 0 saturated heterocycles. The van der Waals surface area contributed by atoms with Gasteiger partial charge in [0.15, 0.2) is 5.65 Å². The standard InChI is InChI=1S/C20H26N4O2/c1-3-5-23-16-15(17(25)24(6-4-2)19(23)26)21-18(22-16)20-10-12-7-13(11-20)9-14(20)8-12/h3,12-14H,1,4-11H2,2H3,(H,21,22). The zero-order valence-corrected chi connectivity index (χ0v) is 15.3. The van der Waals surface area contributed by atoms with E-state index in [1.165, 1.54) is 36.7 Å². The molecule has 6 nitrogen and oxygen atoms in total. The third kappa shape index (κ3) is 1.96. The molecular weight excluding hydrogens is 328 g/mol. The molecule has 0 amide bonds. The summed E-state index contributed by atoms with van der Waals surface area (Å²) >= 11 is 0. The molecule has 2 aromatic rings. The normalized spacial score (nSPS) is 32.0. The van der Waals surface area contributed by atoms with Gasteiger partial charge in [-0.1, -0.05) is 13.0 Å². The van der Waals surface area contributed by atoms with Gasteiger partial charge in [0.05, 0.1) is 0 Å². The Morgan fingerprint density at radius 1 is 1.23 bits per heavy atom. The molecule has 26 heavy (non-hydrogen) atoms. The average molecular weight is 354 g/mol. The van der Waals surface area contributed by atoms with Crippen molar-refractivity contribution in [3.63, 3.8) is 0 Å². The van der Waals surface area contributed by atoms with E-state index < -0.39 is 0 Å². The Morgan fingerprint density at radius 2 is 1.96 bits per heavy atom. The van der Waals surface area contributed by atoms with E-state index in [1.54, 1.807) is 10.6 Å². The predicted octanol–water partition coefficient (Wildman–Crippen LogP) is 2.56. The first-order valence-corrected chi connectivity index (χ1v) is 9.92. The highest BCUT2D eigenvalue weighted by Gasteiger charge is 2.59. The number of nitrogens with zero attached hydrogens (tertiary/aromatic N) is 3. The summed E-state index contributed by atoms with van der Waals surface area (Å²) in [4.78, 5) is 34.0. The van der Waals surface area contributed by atoms with Crippen molar-refractivity contribution in [2.24, 2.45) is 17.8 Å². The van der Waals surface area contributed by atoms with Crippen molar-refractivity contribution in [1.82, 2.24) is 19.1 Å². The summed E-state index contributed by atoms with van der Waals surface area (Å²) in [5, 5.41) is 0. The van der Waals surface area contributed by atoms with Gasteiger partial charge in [-0.2, -0.15) is 0 Å². The van der Waals surface area contributed by atoms with Crippen molar-refractivity contribution in [2.45, 2.75) is 64.0 Å². The van der Waals surface area contributed by atoms with Gasteiger partial charge in [0.25, 0.3) is 5.56 Å². The summed E-state index contributed by atoms with van der Waals surface area (Å²) in [5.74, 6) is 3.26. The van der Waals surface area contributed by atoms with Crippen LogP contribution >= 0.6 is 0 Å². The van der Waals surface area contributed by atoms with Gasteiger partial charge in [-0.15, -0.1) is 6.58 Å². The van der Waals surface area contributed by atoms with E-state index in [1.807, 2.05) is 6.92 Å². The molecule has 138 valence electrons. The van der Waals surface area contributed by atoms with Gasteiger partial charge in [0.1, 0.15) is 11.3 Å². The first-order valence-electron chi connectivity index (χ1n) is 9.92. The third-order valence-electron chi connectivity index (χ3n) is 7.08. The number of aromatic nitrogens is 4. The predicted molar refractivity (Wildman–Crippen MR) is 100 cm³/mol. The molecule has 1 N–H and O–H groups in total. The number of hydrogen-bond donors (Lipinski definition) is 1. The highest BCUT2D eigenvalue weighted by molar-refractivity contribution is 5.70. The summed E-state index contributed by atoms with van der Waals surface area (Å²) in [6.45, 7) is 6.53. The molecule has 2 atom stereocenters. The number of imidazole rings is 1. The minimum absolute atomic E-state index is 0.101. The quantitative estimate of drug-likeness (QED) is 0.839. The smallest absolute Gasteiger partial charge is 0.333 e. The van der Waals surface area contributed by atoms with Gasteiger partial charge in [-0.25, -0.2) is 9.78 Å². The average Bonchev–Trinajstić information content (AvgIpc) is 3.24. The molecule has 4 saturated carbocycles. The van der Waals surface area contributed by atoms with Crippen LogP contribution in [0.3, 0.4) is 0 Å². The van der Waals surface area contributed by atoms with Crippen molar-refractivity contribution < 1.29 is 0 Å². The second kappa shape index (κ2) is 5.44. The SMILES string of the molecule is C=CCn1c(=O)n(CCC)c(=O)c2[nH]c(C34CC5CC(CC3C5)C4)nc21. The summed E-state index contributed by atoms with van der Waals surface area (Å²) < 4.78 is 2.93. The summed E-state index contributed by atoms with van der Waals surface area (Å²) in [7, 11) is 0. The summed E-state index contributed by atoms with van der Waals surface area (Å²) in [6, 6.07) is 0. The maximum atomic E-state index is 12.9. The van der Waals surface area contributed by atoms with Gasteiger partial charge in [-0.05, 0) is 56.3 Å². The van der Waals surface area contributed by atoms with Crippen LogP contribution in [0.25, 0.3) is 11.2 Å². The van der Waals surface area contributed by atoms with Crippen LogP contribution in [0, 0.1) is 17.8 Å². The van der Waals surface area contributed by atoms with Crippen LogP contribution in [-0.4, -0.2) is 19.1 Å². The van der Waals surface area contributed by atoms with Gasteiger partial charge in [0, 0.05) is 18.5 Å². The number of fused-ring (bicyclic) bond motifs is 1. The van der Waals surface area contributed by atoms with Crippen LogP contribution in [0.1, 0.15) is 51.3 Å². The summed E-state index contributed by atoms with van der Waals surface area (Å²) in [6.07, 6.45) is 8.76. The molecule has 6 heteroatoms. The monoisotopic (exact) mass is 354 g/mol. The molecule has 4 aliphatic carbocycles. The highest BCUT2D eigenvalue weighted by Crippen LogP contribution is 2.65. The number of hydrogen-bond acceptors (Lipinski definition) is 3. The van der Waals surface area contributed by atoms with E-state index >= 15 is 0 Å². The molecule has 4 fully saturated rings. The van der Waals surface area contributed by atoms with Gasteiger partial charge in [0.2, 0.25) is 0 Å². The molecule has 0 radical (unpaired) electrons. The fourth-order valence-corrected chi connectivity index (χ4v) is 6.30. The van der Waals surface area contributed by atoms with Crippen LogP contribution < -0.4 is 11.2 Å². The van der Waals surface area contributed by atoms with E-state index in [-0.39, 0.29) is 16.7 Å². The second-order valence-corrected chi connectivity index (χ2v) is 8.62. The van der Waals surface area contributed by atoms with Crippen molar-refractivity contribution >= 4 is 11.2 Å². The molecule has 2 heterocycles. The lowest BCUT2D eigenvalue weighted by molar-refractivity contribution is 0.262. The minimum Gasteiger partial charge on any atom is -0.336 e. The van der Waals surface area contributed by atoms with E-state index in [0.29, 0.717) is 30.2 Å². The number of nitrogens with one attached hydrogen (secondary N) is 1. The van der Waals surface area contributed by atoms with E-state index in [0.717, 1.165) is 24.1 Å². The molecule has 2 aromatic heterocycles. The Labute approximate surface area is 151 Å². The Kier molecular flexibility index (Phi) is 3.37. The molecule has 6 rings (SSSR count). The molecule has 0 aromatic carbocycles.